The Kier molecular flexibility index (Phi) is 4.45. The molecule has 0 saturated heterocycles. The number of esters is 1. The Balaban J connectivity index is 2.19. The summed E-state index contributed by atoms with van der Waals surface area (Å²) in [6, 6.07) is 16.1. The number of benzene rings is 2. The van der Waals surface area contributed by atoms with Gasteiger partial charge in [-0.2, -0.15) is 0 Å². The molecule has 20 heavy (non-hydrogen) atoms. The predicted molar refractivity (Wildman–Crippen MR) is 77.6 cm³/mol. The number of ketones is 1. The van der Waals surface area contributed by atoms with E-state index in [-0.39, 0.29) is 11.8 Å². The Bertz CT molecular complexity index is 642. The number of ether oxygens (including phenoxy) is 1. The highest BCUT2D eigenvalue weighted by atomic mass is 16.5. The summed E-state index contributed by atoms with van der Waals surface area (Å²) in [7, 11) is 0. The monoisotopic (exact) mass is 266 g/mol. The van der Waals surface area contributed by atoms with Crippen molar-refractivity contribution in [1.29, 1.82) is 0 Å². The fraction of sp³-hybridized carbons (Fsp3) is 0.0588. The van der Waals surface area contributed by atoms with Gasteiger partial charge in [-0.05, 0) is 18.2 Å². The Morgan fingerprint density at radius 1 is 0.950 bits per heavy atom. The van der Waals surface area contributed by atoms with Gasteiger partial charge in [0.15, 0.2) is 5.78 Å². The lowest BCUT2D eigenvalue weighted by Gasteiger charge is -2.04. The maximum absolute atomic E-state index is 12.0. The molecule has 0 aliphatic heterocycles. The van der Waals surface area contributed by atoms with E-state index in [2.05, 4.69) is 0 Å². The van der Waals surface area contributed by atoms with E-state index >= 15 is 0 Å². The molecule has 0 aromatic heterocycles. The Morgan fingerprint density at radius 3 is 2.30 bits per heavy atom. The summed E-state index contributed by atoms with van der Waals surface area (Å²) >= 11 is 0. The first-order valence-electron chi connectivity index (χ1n) is 6.22. The van der Waals surface area contributed by atoms with Crippen LogP contribution in [-0.2, 0) is 4.79 Å². The molecule has 0 unspecified atom stereocenters. The van der Waals surface area contributed by atoms with Crippen LogP contribution < -0.4 is 4.74 Å². The number of para-hydroxylation sites is 1. The lowest BCUT2D eigenvalue weighted by Crippen LogP contribution is -2.02. The number of rotatable bonds is 4. The van der Waals surface area contributed by atoms with Crippen molar-refractivity contribution in [3.05, 3.63) is 71.8 Å². The van der Waals surface area contributed by atoms with Gasteiger partial charge in [-0.3, -0.25) is 9.59 Å². The summed E-state index contributed by atoms with van der Waals surface area (Å²) < 4.78 is 5.08. The smallest absolute Gasteiger partial charge is 0.308 e. The zero-order valence-corrected chi connectivity index (χ0v) is 11.1. The largest absolute Gasteiger partial charge is 0.426 e. The zero-order valence-electron chi connectivity index (χ0n) is 11.1. The van der Waals surface area contributed by atoms with Crippen LogP contribution in [0.5, 0.6) is 5.75 Å². The number of hydrogen-bond acceptors (Lipinski definition) is 3. The van der Waals surface area contributed by atoms with Gasteiger partial charge in [-0.25, -0.2) is 0 Å². The molecule has 2 aromatic carbocycles. The van der Waals surface area contributed by atoms with Crippen molar-refractivity contribution in [2.75, 3.05) is 0 Å². The highest BCUT2D eigenvalue weighted by Gasteiger charge is 2.04. The third kappa shape index (κ3) is 3.65. The van der Waals surface area contributed by atoms with Crippen LogP contribution in [0.2, 0.25) is 0 Å². The second-order valence-corrected chi connectivity index (χ2v) is 4.20. The molecule has 2 rings (SSSR count). The molecule has 0 bridgehead atoms. The minimum absolute atomic E-state index is 0.0942. The van der Waals surface area contributed by atoms with Crippen molar-refractivity contribution in [1.82, 2.24) is 0 Å². The Labute approximate surface area is 117 Å². The minimum Gasteiger partial charge on any atom is -0.426 e. The van der Waals surface area contributed by atoms with Crippen LogP contribution in [0.15, 0.2) is 60.7 Å². The molecule has 0 aliphatic carbocycles. The van der Waals surface area contributed by atoms with Gasteiger partial charge in [0.1, 0.15) is 5.75 Å². The maximum Gasteiger partial charge on any atom is 0.308 e. The van der Waals surface area contributed by atoms with Crippen LogP contribution >= 0.6 is 0 Å². The van der Waals surface area contributed by atoms with Crippen LogP contribution in [0.4, 0.5) is 0 Å². The Morgan fingerprint density at radius 2 is 1.60 bits per heavy atom. The molecule has 0 N–H and O–H groups in total. The summed E-state index contributed by atoms with van der Waals surface area (Å²) in [5.74, 6) is -0.0411. The van der Waals surface area contributed by atoms with E-state index in [1.807, 2.05) is 24.3 Å². The quantitative estimate of drug-likeness (QED) is 0.368. The van der Waals surface area contributed by atoms with Crippen molar-refractivity contribution < 1.29 is 14.3 Å². The molecule has 0 saturated carbocycles. The van der Waals surface area contributed by atoms with Crippen LogP contribution in [0.1, 0.15) is 22.8 Å². The lowest BCUT2D eigenvalue weighted by molar-refractivity contribution is -0.131. The van der Waals surface area contributed by atoms with Crippen molar-refractivity contribution in [2.24, 2.45) is 0 Å². The normalized spacial score (nSPS) is 10.4. The fourth-order valence-corrected chi connectivity index (χ4v) is 1.73. The highest BCUT2D eigenvalue weighted by Crippen LogP contribution is 2.20. The molecule has 0 heterocycles. The molecule has 0 fully saturated rings. The van der Waals surface area contributed by atoms with Gasteiger partial charge in [0.2, 0.25) is 0 Å². The molecule has 0 amide bonds. The first-order valence-corrected chi connectivity index (χ1v) is 6.22. The van der Waals surface area contributed by atoms with E-state index in [4.69, 9.17) is 4.74 Å². The van der Waals surface area contributed by atoms with Gasteiger partial charge in [0, 0.05) is 18.1 Å². The van der Waals surface area contributed by atoms with E-state index in [0.717, 1.165) is 0 Å². The predicted octanol–water partition coefficient (Wildman–Crippen LogP) is 3.51. The first-order chi connectivity index (χ1) is 9.66. The third-order valence-electron chi connectivity index (χ3n) is 2.65. The minimum atomic E-state index is -0.389. The summed E-state index contributed by atoms with van der Waals surface area (Å²) in [6.07, 6.45) is 3.12. The lowest BCUT2D eigenvalue weighted by atomic mass is 10.1. The van der Waals surface area contributed by atoms with Gasteiger partial charge < -0.3 is 4.74 Å². The molecule has 100 valence electrons. The number of carbonyl (C=O) groups is 2. The van der Waals surface area contributed by atoms with Crippen molar-refractivity contribution >= 4 is 17.8 Å². The number of allylic oxidation sites excluding steroid dienone is 1. The fourth-order valence-electron chi connectivity index (χ4n) is 1.73. The number of carbonyl (C=O) groups excluding carboxylic acids is 2. The first kappa shape index (κ1) is 13.7. The molecule has 2 aromatic rings. The van der Waals surface area contributed by atoms with Gasteiger partial charge in [-0.1, -0.05) is 48.5 Å². The van der Waals surface area contributed by atoms with Crippen LogP contribution in [-0.4, -0.2) is 11.8 Å². The number of hydrogen-bond donors (Lipinski definition) is 0. The van der Waals surface area contributed by atoms with Gasteiger partial charge >= 0.3 is 5.97 Å². The molecular formula is C17H14O3. The van der Waals surface area contributed by atoms with E-state index in [1.54, 1.807) is 36.4 Å². The van der Waals surface area contributed by atoms with Gasteiger partial charge in [0.25, 0.3) is 0 Å². The van der Waals surface area contributed by atoms with Crippen LogP contribution in [0, 0.1) is 0 Å². The molecular weight excluding hydrogens is 252 g/mol. The summed E-state index contributed by atoms with van der Waals surface area (Å²) in [5.41, 5.74) is 1.31. The Hall–Kier alpha value is -2.68. The van der Waals surface area contributed by atoms with Crippen molar-refractivity contribution in [2.45, 2.75) is 6.92 Å². The van der Waals surface area contributed by atoms with Crippen LogP contribution in [0.25, 0.3) is 6.08 Å². The van der Waals surface area contributed by atoms with E-state index in [0.29, 0.717) is 16.9 Å². The van der Waals surface area contributed by atoms with Crippen molar-refractivity contribution in [3.8, 4) is 5.75 Å². The summed E-state index contributed by atoms with van der Waals surface area (Å²) in [4.78, 5) is 23.0. The maximum atomic E-state index is 12.0. The highest BCUT2D eigenvalue weighted by molar-refractivity contribution is 6.06. The zero-order chi connectivity index (χ0) is 14.4. The van der Waals surface area contributed by atoms with Crippen molar-refractivity contribution in [3.63, 3.8) is 0 Å². The molecule has 3 nitrogen and oxygen atoms in total. The molecule has 0 radical (unpaired) electrons. The second-order valence-electron chi connectivity index (χ2n) is 4.20. The van der Waals surface area contributed by atoms with Gasteiger partial charge in [0.05, 0.1) is 0 Å². The van der Waals surface area contributed by atoms with Crippen LogP contribution in [0.3, 0.4) is 0 Å². The van der Waals surface area contributed by atoms with E-state index in [1.165, 1.54) is 13.0 Å². The average Bonchev–Trinajstić information content (AvgIpc) is 2.46. The summed E-state index contributed by atoms with van der Waals surface area (Å²) in [5, 5.41) is 0. The standard InChI is InChI=1S/C17H14O3/c1-13(18)20-17-10-6-5-9-15(17)11-12-16(19)14-7-3-2-4-8-14/h2-12H,1H3/b12-11+. The average molecular weight is 266 g/mol. The van der Waals surface area contributed by atoms with E-state index in [9.17, 15) is 9.59 Å². The molecule has 0 aliphatic rings. The topological polar surface area (TPSA) is 43.4 Å². The molecule has 0 spiro atoms. The second kappa shape index (κ2) is 6.48. The summed E-state index contributed by atoms with van der Waals surface area (Å²) in [6.45, 7) is 1.34. The SMILES string of the molecule is CC(=O)Oc1ccccc1/C=C/C(=O)c1ccccc1. The van der Waals surface area contributed by atoms with Gasteiger partial charge in [-0.15, -0.1) is 0 Å². The van der Waals surface area contributed by atoms with E-state index < -0.39 is 0 Å². The molecule has 0 atom stereocenters. The third-order valence-corrected chi connectivity index (χ3v) is 2.65. The molecule has 3 heteroatoms.